The Morgan fingerprint density at radius 1 is 1.46 bits per heavy atom. The Bertz CT molecular complexity index is 233. The molecule has 1 atom stereocenters. The van der Waals surface area contributed by atoms with E-state index >= 15 is 0 Å². The van der Waals surface area contributed by atoms with Crippen LogP contribution in [0.4, 0.5) is 0 Å². The van der Waals surface area contributed by atoms with Crippen LogP contribution in [0.15, 0.2) is 0 Å². The summed E-state index contributed by atoms with van der Waals surface area (Å²) in [5, 5.41) is 11.1. The highest BCUT2D eigenvalue weighted by Crippen LogP contribution is 2.40. The van der Waals surface area contributed by atoms with E-state index in [-0.39, 0.29) is 11.3 Å². The first-order valence-electron chi connectivity index (χ1n) is 4.49. The molecule has 1 aliphatic rings. The number of hydrogen-bond acceptors (Lipinski definition) is 2. The molecule has 1 fully saturated rings. The van der Waals surface area contributed by atoms with Crippen LogP contribution in [-0.2, 0) is 9.59 Å². The summed E-state index contributed by atoms with van der Waals surface area (Å²) in [6, 6.07) is -0.787. The molecule has 2 N–H and O–H groups in total. The molecule has 0 heterocycles. The maximum absolute atomic E-state index is 11.5. The van der Waals surface area contributed by atoms with Crippen LogP contribution >= 0.6 is 0 Å². The largest absolute Gasteiger partial charge is 0.480 e. The molecule has 1 saturated carbocycles. The fourth-order valence-electron chi connectivity index (χ4n) is 1.37. The summed E-state index contributed by atoms with van der Waals surface area (Å²) in [6.45, 7) is 3.35. The van der Waals surface area contributed by atoms with Gasteiger partial charge in [-0.3, -0.25) is 9.59 Å². The van der Waals surface area contributed by atoms with Crippen LogP contribution in [0.2, 0.25) is 0 Å². The molecule has 1 rings (SSSR count). The van der Waals surface area contributed by atoms with Crippen molar-refractivity contribution in [3.05, 3.63) is 0 Å². The number of hydrogen-bond donors (Lipinski definition) is 2. The van der Waals surface area contributed by atoms with Crippen LogP contribution in [-0.4, -0.2) is 23.0 Å². The average molecular weight is 185 g/mol. The summed E-state index contributed by atoms with van der Waals surface area (Å²) in [6.07, 6.45) is 2.79. The van der Waals surface area contributed by atoms with Crippen LogP contribution in [0.3, 0.4) is 0 Å². The van der Waals surface area contributed by atoms with Crippen LogP contribution in [0.25, 0.3) is 0 Å². The predicted octanol–water partition coefficient (Wildman–Crippen LogP) is 0.766. The molecule has 1 amide bonds. The second kappa shape index (κ2) is 3.36. The molecule has 0 aliphatic heterocycles. The molecule has 0 saturated heterocycles. The quantitative estimate of drug-likeness (QED) is 0.682. The lowest BCUT2D eigenvalue weighted by Gasteiger charge is -2.37. The minimum absolute atomic E-state index is 0.131. The van der Waals surface area contributed by atoms with E-state index in [2.05, 4.69) is 5.32 Å². The third-order valence-corrected chi connectivity index (χ3v) is 2.72. The van der Waals surface area contributed by atoms with Gasteiger partial charge >= 0.3 is 5.97 Å². The third-order valence-electron chi connectivity index (χ3n) is 2.72. The Balaban J connectivity index is 2.45. The highest BCUT2D eigenvalue weighted by Gasteiger charge is 2.39. The number of amides is 1. The predicted molar refractivity (Wildman–Crippen MR) is 47.2 cm³/mol. The van der Waals surface area contributed by atoms with Crippen LogP contribution in [0.5, 0.6) is 0 Å². The fraction of sp³-hybridized carbons (Fsp3) is 0.778. The highest BCUT2D eigenvalue weighted by atomic mass is 16.4. The summed E-state index contributed by atoms with van der Waals surface area (Å²) in [5.41, 5.74) is -0.316. The van der Waals surface area contributed by atoms with Gasteiger partial charge in [0, 0.05) is 5.41 Å². The fourth-order valence-corrected chi connectivity index (χ4v) is 1.37. The lowest BCUT2D eigenvalue weighted by atomic mass is 9.70. The summed E-state index contributed by atoms with van der Waals surface area (Å²) in [7, 11) is 0. The van der Waals surface area contributed by atoms with E-state index in [1.165, 1.54) is 6.92 Å². The van der Waals surface area contributed by atoms with Gasteiger partial charge in [-0.2, -0.15) is 0 Å². The van der Waals surface area contributed by atoms with Crippen molar-refractivity contribution in [2.75, 3.05) is 0 Å². The molecule has 0 radical (unpaired) electrons. The normalized spacial score (nSPS) is 21.4. The molecule has 0 aromatic rings. The maximum Gasteiger partial charge on any atom is 0.325 e. The zero-order valence-electron chi connectivity index (χ0n) is 7.96. The maximum atomic E-state index is 11.5. The van der Waals surface area contributed by atoms with Gasteiger partial charge < -0.3 is 10.4 Å². The smallest absolute Gasteiger partial charge is 0.325 e. The number of carbonyl (C=O) groups excluding carboxylic acids is 1. The summed E-state index contributed by atoms with van der Waals surface area (Å²) >= 11 is 0. The first-order chi connectivity index (χ1) is 5.96. The van der Waals surface area contributed by atoms with Crippen LogP contribution < -0.4 is 5.32 Å². The van der Waals surface area contributed by atoms with Crippen LogP contribution in [0, 0.1) is 5.41 Å². The van der Waals surface area contributed by atoms with Crippen molar-refractivity contribution in [2.24, 2.45) is 5.41 Å². The number of carboxylic acids is 1. The van der Waals surface area contributed by atoms with E-state index in [1.54, 1.807) is 0 Å². The van der Waals surface area contributed by atoms with E-state index in [0.29, 0.717) is 0 Å². The van der Waals surface area contributed by atoms with Gasteiger partial charge in [-0.25, -0.2) is 0 Å². The molecule has 4 nitrogen and oxygen atoms in total. The number of aliphatic carboxylic acids is 1. The first kappa shape index (κ1) is 10.0. The summed E-state index contributed by atoms with van der Waals surface area (Å²) in [4.78, 5) is 21.9. The molecule has 4 heteroatoms. The Hall–Kier alpha value is -1.06. The van der Waals surface area contributed by atoms with Crippen molar-refractivity contribution in [1.29, 1.82) is 0 Å². The second-order valence-electron chi connectivity index (χ2n) is 3.95. The average Bonchev–Trinajstić information content (AvgIpc) is 1.99. The van der Waals surface area contributed by atoms with Gasteiger partial charge in [0.2, 0.25) is 5.91 Å². The molecular formula is C9H15NO3. The Morgan fingerprint density at radius 3 is 2.31 bits per heavy atom. The minimum atomic E-state index is -0.990. The monoisotopic (exact) mass is 185 g/mol. The van der Waals surface area contributed by atoms with E-state index in [9.17, 15) is 9.59 Å². The van der Waals surface area contributed by atoms with Gasteiger partial charge in [-0.15, -0.1) is 0 Å². The van der Waals surface area contributed by atoms with Gasteiger partial charge in [-0.1, -0.05) is 13.3 Å². The summed E-state index contributed by atoms with van der Waals surface area (Å²) in [5.74, 6) is -1.12. The van der Waals surface area contributed by atoms with Gasteiger partial charge in [-0.05, 0) is 19.8 Å². The minimum Gasteiger partial charge on any atom is -0.480 e. The number of carbonyl (C=O) groups is 2. The van der Waals surface area contributed by atoms with Crippen molar-refractivity contribution < 1.29 is 14.7 Å². The van der Waals surface area contributed by atoms with Crippen molar-refractivity contribution >= 4 is 11.9 Å². The van der Waals surface area contributed by atoms with Crippen molar-refractivity contribution in [3.63, 3.8) is 0 Å². The zero-order valence-corrected chi connectivity index (χ0v) is 7.96. The molecule has 0 aromatic heterocycles. The SMILES string of the molecule is C[C@@H](NC(=O)C1(C)CCC1)C(=O)O. The molecule has 0 unspecified atom stereocenters. The standard InChI is InChI=1S/C9H15NO3/c1-6(7(11)12)10-8(13)9(2)4-3-5-9/h6H,3-5H2,1-2H3,(H,10,13)(H,11,12)/t6-/m1/s1. The highest BCUT2D eigenvalue weighted by molar-refractivity contribution is 5.87. The molecule has 0 spiro atoms. The van der Waals surface area contributed by atoms with Gasteiger partial charge in [0.25, 0.3) is 0 Å². The van der Waals surface area contributed by atoms with E-state index in [1.807, 2.05) is 6.92 Å². The topological polar surface area (TPSA) is 66.4 Å². The number of carboxylic acid groups (broad SMARTS) is 1. The molecule has 74 valence electrons. The number of nitrogens with one attached hydrogen (secondary N) is 1. The molecule has 1 aliphatic carbocycles. The van der Waals surface area contributed by atoms with E-state index < -0.39 is 12.0 Å². The molecular weight excluding hydrogens is 170 g/mol. The van der Waals surface area contributed by atoms with Crippen molar-refractivity contribution in [2.45, 2.75) is 39.2 Å². The zero-order chi connectivity index (χ0) is 10.1. The molecule has 0 bridgehead atoms. The lowest BCUT2D eigenvalue weighted by molar-refractivity contribution is -0.144. The van der Waals surface area contributed by atoms with E-state index in [0.717, 1.165) is 19.3 Å². The number of rotatable bonds is 3. The molecule has 13 heavy (non-hydrogen) atoms. The second-order valence-corrected chi connectivity index (χ2v) is 3.95. The van der Waals surface area contributed by atoms with Gasteiger partial charge in [0.1, 0.15) is 6.04 Å². The summed E-state index contributed by atoms with van der Waals surface area (Å²) < 4.78 is 0. The van der Waals surface area contributed by atoms with Crippen molar-refractivity contribution in [1.82, 2.24) is 5.32 Å². The molecule has 0 aromatic carbocycles. The van der Waals surface area contributed by atoms with Gasteiger partial charge in [0.05, 0.1) is 0 Å². The third kappa shape index (κ3) is 1.99. The van der Waals surface area contributed by atoms with Crippen LogP contribution in [0.1, 0.15) is 33.1 Å². The first-order valence-corrected chi connectivity index (χ1v) is 4.49. The van der Waals surface area contributed by atoms with E-state index in [4.69, 9.17) is 5.11 Å². The Kier molecular flexibility index (Phi) is 2.59. The lowest BCUT2D eigenvalue weighted by Crippen LogP contribution is -2.48. The Morgan fingerprint density at radius 2 is 2.00 bits per heavy atom. The van der Waals surface area contributed by atoms with Crippen molar-refractivity contribution in [3.8, 4) is 0 Å². The Labute approximate surface area is 77.3 Å². The van der Waals surface area contributed by atoms with Gasteiger partial charge in [0.15, 0.2) is 0 Å².